The Morgan fingerprint density at radius 2 is 1.95 bits per heavy atom. The van der Waals surface area contributed by atoms with Crippen LogP contribution in [0.3, 0.4) is 0 Å². The minimum absolute atomic E-state index is 0.00370. The number of aromatic nitrogens is 1. The minimum atomic E-state index is -3.74. The standard InChI is InChI=1S/C12H11BrN4O4S/c13-9-5-11(17(18)19)12(16-7-9)15-6-8-1-3-10(4-2-8)22(14,20)21/h1-5,7H,6H2,(H,15,16)(H2,14,20,21). The summed E-state index contributed by atoms with van der Waals surface area (Å²) in [5.74, 6) is 0.128. The number of anilines is 1. The fraction of sp³-hybridized carbons (Fsp3) is 0.0833. The number of rotatable bonds is 5. The molecule has 8 nitrogen and oxygen atoms in total. The molecule has 116 valence electrons. The number of nitro groups is 1. The fourth-order valence-corrected chi connectivity index (χ4v) is 2.52. The Morgan fingerprint density at radius 3 is 2.50 bits per heavy atom. The lowest BCUT2D eigenvalue weighted by Gasteiger charge is -2.07. The summed E-state index contributed by atoms with van der Waals surface area (Å²) in [6, 6.07) is 7.22. The number of nitrogens with one attached hydrogen (secondary N) is 1. The summed E-state index contributed by atoms with van der Waals surface area (Å²) in [7, 11) is -3.74. The second-order valence-electron chi connectivity index (χ2n) is 4.32. The number of pyridine rings is 1. The summed E-state index contributed by atoms with van der Waals surface area (Å²) in [5, 5.41) is 18.8. The molecule has 3 N–H and O–H groups in total. The largest absolute Gasteiger partial charge is 0.360 e. The number of hydrogen-bond donors (Lipinski definition) is 2. The molecule has 0 spiro atoms. The van der Waals surface area contributed by atoms with Crippen molar-refractivity contribution in [2.45, 2.75) is 11.4 Å². The van der Waals surface area contributed by atoms with Gasteiger partial charge < -0.3 is 5.32 Å². The second kappa shape index (κ2) is 6.38. The average molecular weight is 387 g/mol. The highest BCUT2D eigenvalue weighted by molar-refractivity contribution is 9.10. The van der Waals surface area contributed by atoms with Gasteiger partial charge in [-0.15, -0.1) is 0 Å². The molecule has 0 radical (unpaired) electrons. The summed E-state index contributed by atoms with van der Waals surface area (Å²) >= 11 is 3.12. The molecule has 0 unspecified atom stereocenters. The van der Waals surface area contributed by atoms with Crippen LogP contribution in [0.15, 0.2) is 45.9 Å². The lowest BCUT2D eigenvalue weighted by Crippen LogP contribution is -2.12. The summed E-state index contributed by atoms with van der Waals surface area (Å²) in [6.07, 6.45) is 1.44. The van der Waals surface area contributed by atoms with Crippen molar-refractivity contribution in [2.24, 2.45) is 5.14 Å². The molecule has 0 saturated heterocycles. The third-order valence-corrected chi connectivity index (χ3v) is 4.11. The Labute approximate surface area is 134 Å². The first-order chi connectivity index (χ1) is 10.3. The Kier molecular flexibility index (Phi) is 4.74. The van der Waals surface area contributed by atoms with E-state index in [0.29, 0.717) is 4.47 Å². The Balaban J connectivity index is 2.15. The Hall–Kier alpha value is -2.04. The van der Waals surface area contributed by atoms with E-state index < -0.39 is 14.9 Å². The predicted octanol–water partition coefficient (Wildman–Crippen LogP) is 2.01. The van der Waals surface area contributed by atoms with Crippen molar-refractivity contribution in [1.82, 2.24) is 4.98 Å². The molecular formula is C12H11BrN4O4S. The van der Waals surface area contributed by atoms with Crippen LogP contribution < -0.4 is 10.5 Å². The number of sulfonamides is 1. The van der Waals surface area contributed by atoms with Gasteiger partial charge in [-0.3, -0.25) is 10.1 Å². The molecule has 0 aliphatic rings. The van der Waals surface area contributed by atoms with E-state index in [-0.39, 0.29) is 22.9 Å². The first kappa shape index (κ1) is 16.3. The van der Waals surface area contributed by atoms with Crippen LogP contribution in [0.2, 0.25) is 0 Å². The summed E-state index contributed by atoms with van der Waals surface area (Å²) in [6.45, 7) is 0.250. The van der Waals surface area contributed by atoms with Crippen molar-refractivity contribution < 1.29 is 13.3 Å². The van der Waals surface area contributed by atoms with E-state index in [1.165, 1.54) is 24.4 Å². The molecule has 0 aliphatic carbocycles. The molecule has 10 heteroatoms. The van der Waals surface area contributed by atoms with Gasteiger partial charge in [-0.25, -0.2) is 18.5 Å². The van der Waals surface area contributed by atoms with Crippen molar-refractivity contribution in [3.05, 3.63) is 56.7 Å². The summed E-state index contributed by atoms with van der Waals surface area (Å²) in [5.41, 5.74) is 0.571. The Morgan fingerprint density at radius 1 is 1.32 bits per heavy atom. The maximum absolute atomic E-state index is 11.1. The molecule has 2 aromatic rings. The molecule has 0 bridgehead atoms. The second-order valence-corrected chi connectivity index (χ2v) is 6.80. The van der Waals surface area contributed by atoms with Gasteiger partial charge >= 0.3 is 5.69 Å². The molecule has 1 heterocycles. The van der Waals surface area contributed by atoms with Crippen LogP contribution in [0.25, 0.3) is 0 Å². The van der Waals surface area contributed by atoms with Crippen molar-refractivity contribution in [3.8, 4) is 0 Å². The zero-order chi connectivity index (χ0) is 16.3. The van der Waals surface area contributed by atoms with Crippen molar-refractivity contribution >= 4 is 37.5 Å². The van der Waals surface area contributed by atoms with Crippen molar-refractivity contribution in [3.63, 3.8) is 0 Å². The monoisotopic (exact) mass is 386 g/mol. The average Bonchev–Trinajstić information content (AvgIpc) is 2.45. The summed E-state index contributed by atoms with van der Waals surface area (Å²) in [4.78, 5) is 14.4. The molecule has 1 aromatic carbocycles. The molecule has 22 heavy (non-hydrogen) atoms. The highest BCUT2D eigenvalue weighted by Gasteiger charge is 2.15. The maximum Gasteiger partial charge on any atom is 0.312 e. The van der Waals surface area contributed by atoms with Crippen LogP contribution in [0.1, 0.15) is 5.56 Å². The van der Waals surface area contributed by atoms with E-state index in [1.54, 1.807) is 12.1 Å². The zero-order valence-corrected chi connectivity index (χ0v) is 13.5. The van der Waals surface area contributed by atoms with E-state index in [1.807, 2.05) is 0 Å². The third-order valence-electron chi connectivity index (χ3n) is 2.74. The van der Waals surface area contributed by atoms with E-state index in [0.717, 1.165) is 5.56 Å². The van der Waals surface area contributed by atoms with Gasteiger partial charge in [0, 0.05) is 23.3 Å². The zero-order valence-electron chi connectivity index (χ0n) is 11.1. The topological polar surface area (TPSA) is 128 Å². The van der Waals surface area contributed by atoms with E-state index in [2.05, 4.69) is 26.2 Å². The van der Waals surface area contributed by atoms with Gasteiger partial charge in [0.2, 0.25) is 15.8 Å². The van der Waals surface area contributed by atoms with Gasteiger partial charge in [-0.2, -0.15) is 0 Å². The number of nitrogens with two attached hydrogens (primary N) is 1. The van der Waals surface area contributed by atoms with Crippen LogP contribution >= 0.6 is 15.9 Å². The third kappa shape index (κ3) is 4.00. The van der Waals surface area contributed by atoms with Crippen LogP contribution in [0, 0.1) is 10.1 Å². The molecule has 1 aromatic heterocycles. The van der Waals surface area contributed by atoms with Crippen molar-refractivity contribution in [1.29, 1.82) is 0 Å². The van der Waals surface area contributed by atoms with Crippen LogP contribution in [-0.4, -0.2) is 18.3 Å². The molecular weight excluding hydrogens is 376 g/mol. The van der Waals surface area contributed by atoms with Crippen LogP contribution in [0.4, 0.5) is 11.5 Å². The summed E-state index contributed by atoms with van der Waals surface area (Å²) < 4.78 is 22.8. The molecule has 2 rings (SSSR count). The van der Waals surface area contributed by atoms with Crippen LogP contribution in [0.5, 0.6) is 0 Å². The molecule has 0 saturated carbocycles. The van der Waals surface area contributed by atoms with E-state index in [9.17, 15) is 18.5 Å². The SMILES string of the molecule is NS(=O)(=O)c1ccc(CNc2ncc(Br)cc2[N+](=O)[O-])cc1. The number of hydrogen-bond acceptors (Lipinski definition) is 6. The van der Waals surface area contributed by atoms with Gasteiger partial charge in [-0.05, 0) is 33.6 Å². The minimum Gasteiger partial charge on any atom is -0.360 e. The number of primary sulfonamides is 1. The molecule has 0 atom stereocenters. The molecule has 0 fully saturated rings. The molecule has 0 amide bonds. The maximum atomic E-state index is 11.1. The van der Waals surface area contributed by atoms with Gasteiger partial charge in [0.1, 0.15) is 0 Å². The van der Waals surface area contributed by atoms with Crippen LogP contribution in [-0.2, 0) is 16.6 Å². The first-order valence-electron chi connectivity index (χ1n) is 5.93. The van der Waals surface area contributed by atoms with Gasteiger partial charge in [0.05, 0.1) is 9.82 Å². The van der Waals surface area contributed by atoms with E-state index >= 15 is 0 Å². The number of halogens is 1. The van der Waals surface area contributed by atoms with E-state index in [4.69, 9.17) is 5.14 Å². The van der Waals surface area contributed by atoms with Gasteiger partial charge in [0.15, 0.2) is 0 Å². The first-order valence-corrected chi connectivity index (χ1v) is 8.27. The van der Waals surface area contributed by atoms with Gasteiger partial charge in [-0.1, -0.05) is 12.1 Å². The number of benzene rings is 1. The van der Waals surface area contributed by atoms with Gasteiger partial charge in [0.25, 0.3) is 0 Å². The smallest absolute Gasteiger partial charge is 0.312 e. The highest BCUT2D eigenvalue weighted by atomic mass is 79.9. The Bertz CT molecular complexity index is 808. The predicted molar refractivity (Wildman–Crippen MR) is 83.7 cm³/mol. The fourth-order valence-electron chi connectivity index (χ4n) is 1.69. The quantitative estimate of drug-likeness (QED) is 0.597. The lowest BCUT2D eigenvalue weighted by atomic mass is 10.2. The normalized spacial score (nSPS) is 11.2. The number of nitrogens with zero attached hydrogens (tertiary/aromatic N) is 2. The highest BCUT2D eigenvalue weighted by Crippen LogP contribution is 2.25. The molecule has 0 aliphatic heterocycles. The van der Waals surface area contributed by atoms with Crippen molar-refractivity contribution in [2.75, 3.05) is 5.32 Å². The lowest BCUT2D eigenvalue weighted by molar-refractivity contribution is -0.384.